The van der Waals surface area contributed by atoms with Gasteiger partial charge in [0.25, 0.3) is 0 Å². The van der Waals surface area contributed by atoms with Gasteiger partial charge in [0, 0.05) is 0 Å². The molecule has 23 heavy (non-hydrogen) atoms. The van der Waals surface area contributed by atoms with E-state index in [1.807, 2.05) is 0 Å². The Morgan fingerprint density at radius 1 is 0.957 bits per heavy atom. The van der Waals surface area contributed by atoms with Crippen LogP contribution in [0.25, 0.3) is 0 Å². The summed E-state index contributed by atoms with van der Waals surface area (Å²) in [7, 11) is 3.10. The minimum absolute atomic E-state index is 0.179. The van der Waals surface area contributed by atoms with Gasteiger partial charge < -0.3 is 24.1 Å². The standard InChI is InChI=1S/C17H18O6/c1-20-14-7-4-8-15(16(14)21-2)23-10-9-22-13-6-3-5-12(11-13)17(18)19/h3-8,11H,9-10H2,1-2H3,(H,18,19). The first-order chi connectivity index (χ1) is 11.2. The first-order valence-corrected chi connectivity index (χ1v) is 6.95. The fraction of sp³-hybridized carbons (Fsp3) is 0.235. The van der Waals surface area contributed by atoms with Crippen molar-refractivity contribution in [2.75, 3.05) is 27.4 Å². The average molecular weight is 318 g/mol. The van der Waals surface area contributed by atoms with E-state index >= 15 is 0 Å². The number of carboxylic acid groups (broad SMARTS) is 1. The van der Waals surface area contributed by atoms with Crippen molar-refractivity contribution in [3.8, 4) is 23.0 Å². The maximum absolute atomic E-state index is 10.9. The van der Waals surface area contributed by atoms with Gasteiger partial charge in [0.2, 0.25) is 5.75 Å². The van der Waals surface area contributed by atoms with E-state index in [9.17, 15) is 4.79 Å². The Morgan fingerprint density at radius 3 is 2.35 bits per heavy atom. The van der Waals surface area contributed by atoms with Gasteiger partial charge in [0.1, 0.15) is 19.0 Å². The maximum atomic E-state index is 10.9. The van der Waals surface area contributed by atoms with E-state index in [-0.39, 0.29) is 18.8 Å². The van der Waals surface area contributed by atoms with E-state index in [1.165, 1.54) is 12.1 Å². The van der Waals surface area contributed by atoms with Crippen LogP contribution in [0.3, 0.4) is 0 Å². The third kappa shape index (κ3) is 4.29. The molecule has 0 fully saturated rings. The van der Waals surface area contributed by atoms with Crippen LogP contribution in [-0.2, 0) is 0 Å². The highest BCUT2D eigenvalue weighted by Crippen LogP contribution is 2.36. The number of benzene rings is 2. The minimum Gasteiger partial charge on any atom is -0.493 e. The third-order valence-electron chi connectivity index (χ3n) is 3.06. The summed E-state index contributed by atoms with van der Waals surface area (Å²) in [5.74, 6) is 1.14. The number of methoxy groups -OCH3 is 2. The summed E-state index contributed by atoms with van der Waals surface area (Å²) in [6.07, 6.45) is 0. The van der Waals surface area contributed by atoms with Crippen molar-refractivity contribution in [2.45, 2.75) is 0 Å². The molecular formula is C17H18O6. The SMILES string of the molecule is COc1cccc(OCCOc2cccc(C(=O)O)c2)c1OC. The Morgan fingerprint density at radius 2 is 1.65 bits per heavy atom. The molecule has 0 aliphatic carbocycles. The molecule has 0 bridgehead atoms. The predicted molar refractivity (Wildman–Crippen MR) is 83.9 cm³/mol. The molecular weight excluding hydrogens is 300 g/mol. The van der Waals surface area contributed by atoms with Gasteiger partial charge in [0.15, 0.2) is 11.5 Å². The van der Waals surface area contributed by atoms with Crippen LogP contribution in [0.1, 0.15) is 10.4 Å². The van der Waals surface area contributed by atoms with Crippen molar-refractivity contribution >= 4 is 5.97 Å². The Kier molecular flexibility index (Phi) is 5.68. The second-order valence-corrected chi connectivity index (χ2v) is 4.52. The molecule has 1 N–H and O–H groups in total. The van der Waals surface area contributed by atoms with Gasteiger partial charge in [-0.05, 0) is 30.3 Å². The number of carboxylic acids is 1. The molecule has 0 saturated carbocycles. The molecule has 0 aliphatic heterocycles. The van der Waals surface area contributed by atoms with Crippen LogP contribution in [-0.4, -0.2) is 38.5 Å². The van der Waals surface area contributed by atoms with Gasteiger partial charge in [-0.2, -0.15) is 0 Å². The highest BCUT2D eigenvalue weighted by Gasteiger charge is 2.10. The Hall–Kier alpha value is -2.89. The molecule has 122 valence electrons. The lowest BCUT2D eigenvalue weighted by molar-refractivity contribution is 0.0696. The largest absolute Gasteiger partial charge is 0.493 e. The van der Waals surface area contributed by atoms with Gasteiger partial charge in [-0.25, -0.2) is 4.79 Å². The van der Waals surface area contributed by atoms with E-state index in [4.69, 9.17) is 24.1 Å². The molecule has 2 aromatic carbocycles. The van der Waals surface area contributed by atoms with Crippen LogP contribution >= 0.6 is 0 Å². The fourth-order valence-electron chi connectivity index (χ4n) is 2.00. The molecule has 0 saturated heterocycles. The number of ether oxygens (including phenoxy) is 4. The number of para-hydroxylation sites is 1. The first kappa shape index (κ1) is 16.5. The Balaban J connectivity index is 1.91. The normalized spacial score (nSPS) is 10.0. The molecule has 0 aliphatic rings. The van der Waals surface area contributed by atoms with E-state index in [2.05, 4.69) is 0 Å². The number of hydrogen-bond donors (Lipinski definition) is 1. The van der Waals surface area contributed by atoms with Crippen molar-refractivity contribution in [3.05, 3.63) is 48.0 Å². The van der Waals surface area contributed by atoms with Crippen LogP contribution in [0.15, 0.2) is 42.5 Å². The van der Waals surface area contributed by atoms with Gasteiger partial charge in [-0.1, -0.05) is 12.1 Å². The quantitative estimate of drug-likeness (QED) is 0.754. The molecule has 2 aromatic rings. The Labute approximate surface area is 134 Å². The summed E-state index contributed by atoms with van der Waals surface area (Å²) in [4.78, 5) is 10.9. The van der Waals surface area contributed by atoms with Crippen LogP contribution in [0, 0.1) is 0 Å². The molecule has 6 nitrogen and oxygen atoms in total. The molecule has 2 rings (SSSR count). The van der Waals surface area contributed by atoms with Gasteiger partial charge in [-0.15, -0.1) is 0 Å². The zero-order valence-corrected chi connectivity index (χ0v) is 12.9. The topological polar surface area (TPSA) is 74.2 Å². The van der Waals surface area contributed by atoms with Gasteiger partial charge >= 0.3 is 5.97 Å². The number of hydrogen-bond acceptors (Lipinski definition) is 5. The smallest absolute Gasteiger partial charge is 0.335 e. The number of rotatable bonds is 8. The molecule has 0 heterocycles. The number of aromatic carboxylic acids is 1. The summed E-state index contributed by atoms with van der Waals surface area (Å²) < 4.78 is 21.6. The van der Waals surface area contributed by atoms with E-state index < -0.39 is 5.97 Å². The monoisotopic (exact) mass is 318 g/mol. The summed E-state index contributed by atoms with van der Waals surface area (Å²) in [5.41, 5.74) is 0.179. The second kappa shape index (κ2) is 7.93. The van der Waals surface area contributed by atoms with Crippen LogP contribution in [0.5, 0.6) is 23.0 Å². The van der Waals surface area contributed by atoms with Crippen molar-refractivity contribution in [3.63, 3.8) is 0 Å². The van der Waals surface area contributed by atoms with Crippen molar-refractivity contribution < 1.29 is 28.8 Å². The zero-order valence-electron chi connectivity index (χ0n) is 12.9. The number of carbonyl (C=O) groups is 1. The average Bonchev–Trinajstić information content (AvgIpc) is 2.58. The van der Waals surface area contributed by atoms with Crippen molar-refractivity contribution in [1.82, 2.24) is 0 Å². The lowest BCUT2D eigenvalue weighted by Gasteiger charge is -2.13. The van der Waals surface area contributed by atoms with Crippen LogP contribution in [0.2, 0.25) is 0 Å². The molecule has 6 heteroatoms. The lowest BCUT2D eigenvalue weighted by Crippen LogP contribution is -2.10. The highest BCUT2D eigenvalue weighted by molar-refractivity contribution is 5.87. The highest BCUT2D eigenvalue weighted by atomic mass is 16.5. The minimum atomic E-state index is -0.993. The molecule has 0 spiro atoms. The van der Waals surface area contributed by atoms with Gasteiger partial charge in [0.05, 0.1) is 19.8 Å². The molecule has 0 radical (unpaired) electrons. The fourth-order valence-corrected chi connectivity index (χ4v) is 2.00. The van der Waals surface area contributed by atoms with Crippen LogP contribution in [0.4, 0.5) is 0 Å². The van der Waals surface area contributed by atoms with E-state index in [0.717, 1.165) is 0 Å². The van der Waals surface area contributed by atoms with Crippen molar-refractivity contribution in [2.24, 2.45) is 0 Å². The zero-order chi connectivity index (χ0) is 16.7. The molecule has 0 unspecified atom stereocenters. The summed E-state index contributed by atoms with van der Waals surface area (Å²) in [5, 5.41) is 8.93. The van der Waals surface area contributed by atoms with E-state index in [1.54, 1.807) is 44.6 Å². The molecule has 0 aromatic heterocycles. The van der Waals surface area contributed by atoms with Crippen LogP contribution < -0.4 is 18.9 Å². The summed E-state index contributed by atoms with van der Waals surface area (Å²) in [6.45, 7) is 0.546. The summed E-state index contributed by atoms with van der Waals surface area (Å²) >= 11 is 0. The van der Waals surface area contributed by atoms with E-state index in [0.29, 0.717) is 23.0 Å². The lowest BCUT2D eigenvalue weighted by atomic mass is 10.2. The first-order valence-electron chi connectivity index (χ1n) is 6.95. The van der Waals surface area contributed by atoms with Crippen molar-refractivity contribution in [1.29, 1.82) is 0 Å². The third-order valence-corrected chi connectivity index (χ3v) is 3.06. The maximum Gasteiger partial charge on any atom is 0.335 e. The van der Waals surface area contributed by atoms with Gasteiger partial charge in [-0.3, -0.25) is 0 Å². The molecule has 0 atom stereocenters. The predicted octanol–water partition coefficient (Wildman–Crippen LogP) is 2.86. The molecule has 0 amide bonds. The second-order valence-electron chi connectivity index (χ2n) is 4.52. The summed E-state index contributed by atoms with van der Waals surface area (Å²) in [6, 6.07) is 11.6. The Bertz CT molecular complexity index is 668.